The molecule has 1 heterocycles. The highest BCUT2D eigenvalue weighted by Crippen LogP contribution is 2.35. The number of H-pyrrole nitrogens is 1. The molecule has 0 radical (unpaired) electrons. The van der Waals surface area contributed by atoms with Gasteiger partial charge in [0.1, 0.15) is 0 Å². The average Bonchev–Trinajstić information content (AvgIpc) is 2.74. The molecule has 1 unspecified atom stereocenters. The van der Waals surface area contributed by atoms with Crippen LogP contribution in [0.3, 0.4) is 0 Å². The number of halogens is 1. The lowest BCUT2D eigenvalue weighted by atomic mass is 9.84. The van der Waals surface area contributed by atoms with Crippen molar-refractivity contribution >= 4 is 34.9 Å². The minimum Gasteiger partial charge on any atom is -0.331 e. The van der Waals surface area contributed by atoms with Crippen LogP contribution in [0.4, 0.5) is 0 Å². The Bertz CT molecular complexity index is 637. The number of benzene rings is 1. The van der Waals surface area contributed by atoms with Crippen molar-refractivity contribution < 1.29 is 0 Å². The molecule has 0 aliphatic heterocycles. The van der Waals surface area contributed by atoms with Crippen LogP contribution in [0.5, 0.6) is 0 Å². The molecule has 0 bridgehead atoms. The van der Waals surface area contributed by atoms with E-state index in [9.17, 15) is 0 Å². The number of nitrogens with one attached hydrogen (secondary N) is 1. The van der Waals surface area contributed by atoms with E-state index in [4.69, 9.17) is 23.8 Å². The fourth-order valence-corrected chi connectivity index (χ4v) is 3.87. The molecule has 1 atom stereocenters. The molecule has 0 amide bonds. The molecule has 1 aromatic heterocycles. The lowest BCUT2D eigenvalue weighted by Gasteiger charge is -2.29. The zero-order valence-electron chi connectivity index (χ0n) is 11.2. The Balaban J connectivity index is 2.05. The van der Waals surface area contributed by atoms with Gasteiger partial charge in [-0.15, -0.1) is 0 Å². The molecule has 1 fully saturated rings. The van der Waals surface area contributed by atoms with E-state index in [0.29, 0.717) is 6.04 Å². The number of aromatic nitrogens is 2. The first kappa shape index (κ1) is 13.2. The van der Waals surface area contributed by atoms with E-state index in [-0.39, 0.29) is 0 Å². The lowest BCUT2D eigenvalue weighted by molar-refractivity contribution is 0.266. The smallest absolute Gasteiger partial charge is 0.178 e. The highest BCUT2D eigenvalue weighted by Gasteiger charge is 2.23. The van der Waals surface area contributed by atoms with Gasteiger partial charge in [-0.25, -0.2) is 0 Å². The molecule has 1 N–H and O–H groups in total. The van der Waals surface area contributed by atoms with Crippen molar-refractivity contribution in [3.63, 3.8) is 0 Å². The van der Waals surface area contributed by atoms with Gasteiger partial charge in [-0.3, -0.25) is 0 Å². The van der Waals surface area contributed by atoms with Gasteiger partial charge in [0.15, 0.2) is 4.77 Å². The maximum Gasteiger partial charge on any atom is 0.178 e. The summed E-state index contributed by atoms with van der Waals surface area (Å²) < 4.78 is 3.07. The van der Waals surface area contributed by atoms with Gasteiger partial charge in [0.2, 0.25) is 0 Å². The number of hydrogen-bond acceptors (Lipinski definition) is 1. The second kappa shape index (κ2) is 5.29. The molecule has 2 nitrogen and oxygen atoms in total. The maximum absolute atomic E-state index is 6.13. The molecular weight excluding hydrogens is 276 g/mol. The first-order chi connectivity index (χ1) is 9.16. The van der Waals surface area contributed by atoms with Crippen molar-refractivity contribution in [3.05, 3.63) is 28.0 Å². The van der Waals surface area contributed by atoms with Gasteiger partial charge in [-0.05, 0) is 56.1 Å². The van der Waals surface area contributed by atoms with Crippen LogP contribution in [0.15, 0.2) is 18.2 Å². The van der Waals surface area contributed by atoms with Gasteiger partial charge in [0, 0.05) is 11.1 Å². The van der Waals surface area contributed by atoms with Gasteiger partial charge >= 0.3 is 0 Å². The Hall–Kier alpha value is -0.800. The Morgan fingerprint density at radius 1 is 1.32 bits per heavy atom. The highest BCUT2D eigenvalue weighted by molar-refractivity contribution is 7.71. The fraction of sp³-hybridized carbons (Fsp3) is 0.533. The minimum atomic E-state index is 0.444. The first-order valence-corrected chi connectivity index (χ1v) is 7.85. The van der Waals surface area contributed by atoms with Crippen LogP contribution in [0.25, 0.3) is 11.0 Å². The molecule has 2 aromatic rings. The van der Waals surface area contributed by atoms with Crippen LogP contribution >= 0.6 is 23.8 Å². The summed E-state index contributed by atoms with van der Waals surface area (Å²) in [7, 11) is 0. The quantitative estimate of drug-likeness (QED) is 0.726. The number of aromatic amines is 1. The van der Waals surface area contributed by atoms with Crippen molar-refractivity contribution in [2.45, 2.75) is 45.1 Å². The van der Waals surface area contributed by atoms with E-state index >= 15 is 0 Å². The molecule has 1 aliphatic rings. The largest absolute Gasteiger partial charge is 0.331 e. The minimum absolute atomic E-state index is 0.444. The molecule has 3 rings (SSSR count). The third-order valence-corrected chi connectivity index (χ3v) is 4.95. The molecule has 4 heteroatoms. The summed E-state index contributed by atoms with van der Waals surface area (Å²) in [6.07, 6.45) is 6.72. The number of nitrogens with zero attached hydrogens (tertiary/aromatic N) is 1. The van der Waals surface area contributed by atoms with Crippen molar-refractivity contribution in [1.29, 1.82) is 0 Å². The van der Waals surface area contributed by atoms with E-state index in [1.165, 1.54) is 32.1 Å². The molecular formula is C15H19ClN2S. The Morgan fingerprint density at radius 2 is 2.05 bits per heavy atom. The Morgan fingerprint density at radius 3 is 2.79 bits per heavy atom. The molecule has 0 saturated heterocycles. The third kappa shape index (κ3) is 2.46. The molecule has 1 aromatic carbocycles. The predicted molar refractivity (Wildman–Crippen MR) is 83.4 cm³/mol. The van der Waals surface area contributed by atoms with E-state index in [1.807, 2.05) is 18.2 Å². The van der Waals surface area contributed by atoms with Gasteiger partial charge in [0.25, 0.3) is 0 Å². The highest BCUT2D eigenvalue weighted by atomic mass is 35.5. The second-order valence-corrected chi connectivity index (χ2v) is 6.42. The number of rotatable bonds is 2. The normalized spacial score (nSPS) is 18.8. The summed E-state index contributed by atoms with van der Waals surface area (Å²) in [4.78, 5) is 3.29. The van der Waals surface area contributed by atoms with Crippen molar-refractivity contribution in [2.75, 3.05) is 0 Å². The Labute approximate surface area is 123 Å². The fourth-order valence-electron chi connectivity index (χ4n) is 3.33. The topological polar surface area (TPSA) is 20.7 Å². The second-order valence-electron chi connectivity index (χ2n) is 5.60. The van der Waals surface area contributed by atoms with E-state index in [1.54, 1.807) is 0 Å². The lowest BCUT2D eigenvalue weighted by Crippen LogP contribution is -2.19. The van der Waals surface area contributed by atoms with Crippen LogP contribution in [0, 0.1) is 10.7 Å². The van der Waals surface area contributed by atoms with Crippen LogP contribution in [0.1, 0.15) is 45.1 Å². The van der Waals surface area contributed by atoms with Gasteiger partial charge in [-0.2, -0.15) is 0 Å². The Kier molecular flexibility index (Phi) is 3.68. The molecule has 0 spiro atoms. The van der Waals surface area contributed by atoms with Gasteiger partial charge in [-0.1, -0.05) is 30.9 Å². The average molecular weight is 295 g/mol. The van der Waals surface area contributed by atoms with E-state index < -0.39 is 0 Å². The summed E-state index contributed by atoms with van der Waals surface area (Å²) in [5.41, 5.74) is 2.22. The zero-order chi connectivity index (χ0) is 13.4. The first-order valence-electron chi connectivity index (χ1n) is 7.06. The maximum atomic E-state index is 6.13. The van der Waals surface area contributed by atoms with Crippen molar-refractivity contribution in [1.82, 2.24) is 9.55 Å². The number of fused-ring (bicyclic) bond motifs is 1. The number of hydrogen-bond donors (Lipinski definition) is 1. The van der Waals surface area contributed by atoms with Crippen LogP contribution in [-0.4, -0.2) is 9.55 Å². The SMILES string of the molecule is CC(C1CCCCC1)n1c(=S)[nH]c2ccc(Cl)cc21. The number of imidazole rings is 1. The van der Waals surface area contributed by atoms with Crippen LogP contribution in [-0.2, 0) is 0 Å². The van der Waals surface area contributed by atoms with E-state index in [0.717, 1.165) is 26.7 Å². The van der Waals surface area contributed by atoms with Crippen LogP contribution in [0.2, 0.25) is 5.02 Å². The summed E-state index contributed by atoms with van der Waals surface area (Å²) in [5.74, 6) is 0.735. The third-order valence-electron chi connectivity index (χ3n) is 4.42. The predicted octanol–water partition coefficient (Wildman–Crippen LogP) is 5.49. The standard InChI is InChI=1S/C15H19ClN2S/c1-10(11-5-3-2-4-6-11)18-14-9-12(16)7-8-13(14)17-15(18)19/h7-11H,2-6H2,1H3,(H,17,19). The van der Waals surface area contributed by atoms with Gasteiger partial charge < -0.3 is 9.55 Å². The van der Waals surface area contributed by atoms with Crippen molar-refractivity contribution in [2.24, 2.45) is 5.92 Å². The summed E-state index contributed by atoms with van der Waals surface area (Å²) in [6.45, 7) is 2.29. The monoisotopic (exact) mass is 294 g/mol. The van der Waals surface area contributed by atoms with Crippen LogP contribution < -0.4 is 0 Å². The molecule has 1 saturated carbocycles. The molecule has 1 aliphatic carbocycles. The van der Waals surface area contributed by atoms with E-state index in [2.05, 4.69) is 16.5 Å². The molecule has 102 valence electrons. The van der Waals surface area contributed by atoms with Gasteiger partial charge in [0.05, 0.1) is 11.0 Å². The zero-order valence-corrected chi connectivity index (χ0v) is 12.7. The summed E-state index contributed by atoms with van der Waals surface area (Å²) in [6, 6.07) is 6.38. The molecule has 19 heavy (non-hydrogen) atoms. The van der Waals surface area contributed by atoms with Crippen molar-refractivity contribution in [3.8, 4) is 0 Å². The summed E-state index contributed by atoms with van der Waals surface area (Å²) >= 11 is 11.6. The summed E-state index contributed by atoms with van der Waals surface area (Å²) in [5, 5.41) is 0.770.